The van der Waals surface area contributed by atoms with Crippen LogP contribution in [0.1, 0.15) is 44.7 Å². The lowest BCUT2D eigenvalue weighted by Crippen LogP contribution is -2.38. The monoisotopic (exact) mass is 277 g/mol. The van der Waals surface area contributed by atoms with E-state index >= 15 is 0 Å². The Kier molecular flexibility index (Phi) is 6.56. The Hall–Kier alpha value is -1.51. The van der Waals surface area contributed by atoms with E-state index < -0.39 is 6.10 Å². The smallest absolute Gasteiger partial charge is 0.261 e. The normalized spacial score (nSPS) is 12.3. The van der Waals surface area contributed by atoms with Crippen molar-refractivity contribution in [2.24, 2.45) is 5.92 Å². The van der Waals surface area contributed by atoms with Crippen molar-refractivity contribution in [2.45, 2.75) is 53.6 Å². The van der Waals surface area contributed by atoms with Gasteiger partial charge in [0.05, 0.1) is 0 Å². The van der Waals surface area contributed by atoms with Crippen LogP contribution >= 0.6 is 0 Å². The topological polar surface area (TPSA) is 38.3 Å². The molecule has 0 bridgehead atoms. The number of carbonyl (C=O) groups is 1. The van der Waals surface area contributed by atoms with Crippen LogP contribution in [-0.4, -0.2) is 18.6 Å². The lowest BCUT2D eigenvalue weighted by Gasteiger charge is -2.19. The van der Waals surface area contributed by atoms with Crippen molar-refractivity contribution < 1.29 is 9.53 Å². The molecule has 1 N–H and O–H groups in total. The molecule has 0 saturated carbocycles. The van der Waals surface area contributed by atoms with E-state index in [1.54, 1.807) is 0 Å². The van der Waals surface area contributed by atoms with Gasteiger partial charge in [0.25, 0.3) is 5.91 Å². The maximum atomic E-state index is 12.1. The van der Waals surface area contributed by atoms with Gasteiger partial charge in [-0.3, -0.25) is 4.79 Å². The van der Waals surface area contributed by atoms with Gasteiger partial charge in [0, 0.05) is 6.54 Å². The molecule has 0 aromatic heterocycles. The molecule has 1 unspecified atom stereocenters. The highest BCUT2D eigenvalue weighted by atomic mass is 16.5. The number of ether oxygens (including phenoxy) is 1. The highest BCUT2D eigenvalue weighted by Crippen LogP contribution is 2.21. The maximum absolute atomic E-state index is 12.1. The second-order valence-corrected chi connectivity index (χ2v) is 5.76. The van der Waals surface area contributed by atoms with Gasteiger partial charge in [-0.25, -0.2) is 0 Å². The summed E-state index contributed by atoms with van der Waals surface area (Å²) in [6.45, 7) is 11.0. The summed E-state index contributed by atoms with van der Waals surface area (Å²) in [6, 6.07) is 6.05. The Morgan fingerprint density at radius 3 is 2.60 bits per heavy atom. The van der Waals surface area contributed by atoms with Crippen molar-refractivity contribution in [2.75, 3.05) is 6.54 Å². The number of nitrogens with one attached hydrogen (secondary N) is 1. The van der Waals surface area contributed by atoms with Crippen LogP contribution in [0.5, 0.6) is 5.75 Å². The molecule has 1 rings (SSSR count). The van der Waals surface area contributed by atoms with Gasteiger partial charge in [-0.2, -0.15) is 0 Å². The number of hydrogen-bond donors (Lipinski definition) is 1. The second kappa shape index (κ2) is 7.93. The summed E-state index contributed by atoms with van der Waals surface area (Å²) in [5.41, 5.74) is 2.20. The van der Waals surface area contributed by atoms with Crippen molar-refractivity contribution in [3.05, 3.63) is 29.3 Å². The van der Waals surface area contributed by atoms with E-state index in [1.165, 1.54) is 0 Å². The zero-order valence-corrected chi connectivity index (χ0v) is 13.3. The second-order valence-electron chi connectivity index (χ2n) is 5.76. The number of carbonyl (C=O) groups excluding carboxylic acids is 1. The van der Waals surface area contributed by atoms with Crippen molar-refractivity contribution in [1.82, 2.24) is 5.32 Å². The van der Waals surface area contributed by atoms with E-state index in [-0.39, 0.29) is 5.91 Å². The van der Waals surface area contributed by atoms with Crippen LogP contribution in [0.3, 0.4) is 0 Å². The van der Waals surface area contributed by atoms with Crippen molar-refractivity contribution >= 4 is 5.91 Å². The Morgan fingerprint density at radius 1 is 1.30 bits per heavy atom. The first-order valence-corrected chi connectivity index (χ1v) is 7.45. The fourth-order valence-electron chi connectivity index (χ4n) is 1.91. The third kappa shape index (κ3) is 5.24. The van der Waals surface area contributed by atoms with Crippen LogP contribution < -0.4 is 10.1 Å². The molecule has 3 nitrogen and oxygen atoms in total. The first-order chi connectivity index (χ1) is 9.43. The number of rotatable bonds is 7. The summed E-state index contributed by atoms with van der Waals surface area (Å²) in [5.74, 6) is 1.38. The largest absolute Gasteiger partial charge is 0.480 e. The number of benzene rings is 1. The Bertz CT molecular complexity index is 441. The molecule has 1 aromatic carbocycles. The standard InChI is InChI=1S/C17H27NO2/c1-6-15(17(19)18-10-9-12(2)3)20-16-11-13(4)7-8-14(16)5/h7-8,11-12,15H,6,9-10H2,1-5H3,(H,18,19). The molecule has 20 heavy (non-hydrogen) atoms. The minimum Gasteiger partial charge on any atom is -0.480 e. The SMILES string of the molecule is CCC(Oc1cc(C)ccc1C)C(=O)NCCC(C)C. The molecule has 3 heteroatoms. The number of amides is 1. The molecule has 112 valence electrons. The van der Waals surface area contributed by atoms with E-state index in [4.69, 9.17) is 4.74 Å². The highest BCUT2D eigenvalue weighted by Gasteiger charge is 2.18. The van der Waals surface area contributed by atoms with Gasteiger partial charge in [0.15, 0.2) is 6.10 Å². The van der Waals surface area contributed by atoms with Crippen LogP contribution in [0.4, 0.5) is 0 Å². The lowest BCUT2D eigenvalue weighted by atomic mass is 10.1. The van der Waals surface area contributed by atoms with Crippen molar-refractivity contribution in [3.63, 3.8) is 0 Å². The molecule has 0 aliphatic heterocycles. The van der Waals surface area contributed by atoms with Crippen LogP contribution in [0, 0.1) is 19.8 Å². The van der Waals surface area contributed by atoms with E-state index in [0.29, 0.717) is 18.9 Å². The lowest BCUT2D eigenvalue weighted by molar-refractivity contribution is -0.128. The summed E-state index contributed by atoms with van der Waals surface area (Å²) in [5, 5.41) is 2.96. The average Bonchev–Trinajstić information content (AvgIpc) is 2.39. The molecule has 0 heterocycles. The third-order valence-electron chi connectivity index (χ3n) is 3.30. The van der Waals surface area contributed by atoms with Gasteiger partial charge in [-0.05, 0) is 49.8 Å². The van der Waals surface area contributed by atoms with E-state index in [9.17, 15) is 4.79 Å². The van der Waals surface area contributed by atoms with E-state index in [0.717, 1.165) is 23.3 Å². The van der Waals surface area contributed by atoms with Crippen LogP contribution in [0.15, 0.2) is 18.2 Å². The molecular weight excluding hydrogens is 250 g/mol. The number of hydrogen-bond acceptors (Lipinski definition) is 2. The van der Waals surface area contributed by atoms with Crippen molar-refractivity contribution in [1.29, 1.82) is 0 Å². The average molecular weight is 277 g/mol. The van der Waals surface area contributed by atoms with Gasteiger partial charge >= 0.3 is 0 Å². The Balaban J connectivity index is 2.62. The zero-order valence-electron chi connectivity index (χ0n) is 13.3. The molecule has 0 aliphatic carbocycles. The number of aryl methyl sites for hydroxylation is 2. The maximum Gasteiger partial charge on any atom is 0.261 e. The summed E-state index contributed by atoms with van der Waals surface area (Å²) in [7, 11) is 0. The predicted molar refractivity (Wildman–Crippen MR) is 83.1 cm³/mol. The predicted octanol–water partition coefficient (Wildman–Crippen LogP) is 3.62. The fourth-order valence-corrected chi connectivity index (χ4v) is 1.91. The highest BCUT2D eigenvalue weighted by molar-refractivity contribution is 5.81. The summed E-state index contributed by atoms with van der Waals surface area (Å²) in [4.78, 5) is 12.1. The molecular formula is C17H27NO2. The minimum absolute atomic E-state index is 0.0194. The first kappa shape index (κ1) is 16.5. The zero-order chi connectivity index (χ0) is 15.1. The molecule has 0 saturated heterocycles. The fraction of sp³-hybridized carbons (Fsp3) is 0.588. The molecule has 1 aromatic rings. The molecule has 1 atom stereocenters. The van der Waals surface area contributed by atoms with E-state index in [2.05, 4.69) is 19.2 Å². The van der Waals surface area contributed by atoms with Gasteiger partial charge in [0.1, 0.15) is 5.75 Å². The van der Waals surface area contributed by atoms with Crippen LogP contribution in [0.2, 0.25) is 0 Å². The molecule has 1 amide bonds. The minimum atomic E-state index is -0.414. The quantitative estimate of drug-likeness (QED) is 0.826. The summed E-state index contributed by atoms with van der Waals surface area (Å²) in [6.07, 6.45) is 1.25. The Morgan fingerprint density at radius 2 is 2.00 bits per heavy atom. The molecule has 0 radical (unpaired) electrons. The Labute approximate surface area is 122 Å². The van der Waals surface area contributed by atoms with Gasteiger partial charge in [-0.15, -0.1) is 0 Å². The van der Waals surface area contributed by atoms with Gasteiger partial charge in [0.2, 0.25) is 0 Å². The van der Waals surface area contributed by atoms with Gasteiger partial charge in [-0.1, -0.05) is 32.9 Å². The summed E-state index contributed by atoms with van der Waals surface area (Å²) < 4.78 is 5.88. The first-order valence-electron chi connectivity index (χ1n) is 7.45. The summed E-state index contributed by atoms with van der Waals surface area (Å²) >= 11 is 0. The van der Waals surface area contributed by atoms with E-state index in [1.807, 2.05) is 39.0 Å². The van der Waals surface area contributed by atoms with Crippen LogP contribution in [-0.2, 0) is 4.79 Å². The van der Waals surface area contributed by atoms with Crippen molar-refractivity contribution in [3.8, 4) is 5.75 Å². The molecule has 0 fully saturated rings. The molecule has 0 spiro atoms. The molecule has 0 aliphatic rings. The van der Waals surface area contributed by atoms with Gasteiger partial charge < -0.3 is 10.1 Å². The van der Waals surface area contributed by atoms with Crippen LogP contribution in [0.25, 0.3) is 0 Å². The third-order valence-corrected chi connectivity index (χ3v) is 3.30.